The van der Waals surface area contributed by atoms with Crippen LogP contribution in [0.25, 0.3) is 0 Å². The van der Waals surface area contributed by atoms with Gasteiger partial charge in [0.25, 0.3) is 0 Å². The molecule has 0 aromatic heterocycles. The Morgan fingerprint density at radius 2 is 2.00 bits per heavy atom. The second kappa shape index (κ2) is 7.10. The highest BCUT2D eigenvalue weighted by Crippen LogP contribution is 2.17. The number of rotatable bonds is 4. The van der Waals surface area contributed by atoms with Gasteiger partial charge in [0.05, 0.1) is 12.6 Å². The second-order valence-corrected chi connectivity index (χ2v) is 5.93. The highest BCUT2D eigenvalue weighted by molar-refractivity contribution is 5.74. The number of urea groups is 1. The highest BCUT2D eigenvalue weighted by atomic mass is 16.3. The van der Waals surface area contributed by atoms with E-state index in [1.807, 2.05) is 0 Å². The topological polar surface area (TPSA) is 55.8 Å². The maximum atomic E-state index is 12.0. The molecule has 1 atom stereocenters. The van der Waals surface area contributed by atoms with Crippen LogP contribution in [0.1, 0.15) is 32.6 Å². The van der Waals surface area contributed by atoms with Crippen molar-refractivity contribution < 1.29 is 9.90 Å². The molecule has 110 valence electrons. The van der Waals surface area contributed by atoms with Gasteiger partial charge in [0.1, 0.15) is 0 Å². The molecule has 0 aromatic carbocycles. The summed E-state index contributed by atoms with van der Waals surface area (Å²) < 4.78 is 0. The van der Waals surface area contributed by atoms with Crippen LogP contribution in [0.5, 0.6) is 0 Å². The van der Waals surface area contributed by atoms with Crippen molar-refractivity contribution in [2.24, 2.45) is 5.92 Å². The molecule has 2 fully saturated rings. The quantitative estimate of drug-likeness (QED) is 0.797. The van der Waals surface area contributed by atoms with Gasteiger partial charge in [-0.2, -0.15) is 0 Å². The molecule has 2 heterocycles. The number of nitrogens with one attached hydrogen (secondary N) is 1. The number of aliphatic hydroxyl groups excluding tert-OH is 1. The third kappa shape index (κ3) is 4.08. The van der Waals surface area contributed by atoms with Gasteiger partial charge in [-0.3, -0.25) is 0 Å². The minimum Gasteiger partial charge on any atom is -0.394 e. The number of piperidine rings is 1. The molecule has 0 saturated carbocycles. The Labute approximate surface area is 115 Å². The van der Waals surface area contributed by atoms with Crippen LogP contribution in [-0.2, 0) is 0 Å². The number of amides is 2. The summed E-state index contributed by atoms with van der Waals surface area (Å²) in [7, 11) is 0. The average molecular weight is 269 g/mol. The fourth-order valence-corrected chi connectivity index (χ4v) is 3.00. The van der Waals surface area contributed by atoms with Crippen molar-refractivity contribution in [3.05, 3.63) is 0 Å². The highest BCUT2D eigenvalue weighted by Gasteiger charge is 2.27. The molecule has 0 aliphatic carbocycles. The van der Waals surface area contributed by atoms with E-state index in [1.165, 1.54) is 12.8 Å². The van der Waals surface area contributed by atoms with E-state index in [0.717, 1.165) is 44.9 Å². The lowest BCUT2D eigenvalue weighted by atomic mass is 9.99. The van der Waals surface area contributed by atoms with Gasteiger partial charge < -0.3 is 20.2 Å². The van der Waals surface area contributed by atoms with Gasteiger partial charge in [-0.25, -0.2) is 4.79 Å². The number of hydrogen-bond acceptors (Lipinski definition) is 3. The third-order valence-corrected chi connectivity index (χ3v) is 4.43. The first-order valence-electron chi connectivity index (χ1n) is 7.58. The lowest BCUT2D eigenvalue weighted by molar-refractivity contribution is 0.153. The molecular weight excluding hydrogens is 242 g/mol. The van der Waals surface area contributed by atoms with Crippen LogP contribution in [0.3, 0.4) is 0 Å². The normalized spacial score (nSPS) is 25.8. The van der Waals surface area contributed by atoms with Crippen LogP contribution in [0.4, 0.5) is 4.79 Å². The number of carbonyl (C=O) groups excluding carboxylic acids is 1. The van der Waals surface area contributed by atoms with Crippen molar-refractivity contribution in [1.82, 2.24) is 15.1 Å². The maximum absolute atomic E-state index is 12.0. The summed E-state index contributed by atoms with van der Waals surface area (Å²) >= 11 is 0. The average Bonchev–Trinajstić information content (AvgIpc) is 2.89. The molecule has 2 N–H and O–H groups in total. The van der Waals surface area contributed by atoms with Gasteiger partial charge in [0.2, 0.25) is 0 Å². The van der Waals surface area contributed by atoms with Crippen LogP contribution in [0.15, 0.2) is 0 Å². The molecule has 5 heteroatoms. The smallest absolute Gasteiger partial charge is 0.317 e. The summed E-state index contributed by atoms with van der Waals surface area (Å²) in [5.41, 5.74) is 0. The van der Waals surface area contributed by atoms with Crippen molar-refractivity contribution in [3.8, 4) is 0 Å². The number of nitrogens with zero attached hydrogens (tertiary/aromatic N) is 2. The van der Waals surface area contributed by atoms with Crippen molar-refractivity contribution in [1.29, 1.82) is 0 Å². The van der Waals surface area contributed by atoms with Crippen molar-refractivity contribution in [2.45, 2.75) is 38.6 Å². The Kier molecular flexibility index (Phi) is 5.45. The Balaban J connectivity index is 1.64. The molecule has 0 bridgehead atoms. The first kappa shape index (κ1) is 14.6. The minimum absolute atomic E-state index is 0.0121. The Morgan fingerprint density at radius 1 is 1.26 bits per heavy atom. The second-order valence-electron chi connectivity index (χ2n) is 5.93. The predicted octanol–water partition coefficient (Wildman–Crippen LogP) is 0.885. The Morgan fingerprint density at radius 3 is 2.68 bits per heavy atom. The SMILES string of the molecule is CC1CCN(CCNC(=O)N2CCCC2CO)CC1. The van der Waals surface area contributed by atoms with Gasteiger partial charge in [-0.1, -0.05) is 6.92 Å². The van der Waals surface area contributed by atoms with E-state index in [4.69, 9.17) is 0 Å². The fourth-order valence-electron chi connectivity index (χ4n) is 3.00. The number of likely N-dealkylation sites (tertiary alicyclic amines) is 2. The van der Waals surface area contributed by atoms with E-state index < -0.39 is 0 Å². The molecule has 2 aliphatic heterocycles. The zero-order valence-corrected chi connectivity index (χ0v) is 12.0. The summed E-state index contributed by atoms with van der Waals surface area (Å²) in [6.45, 7) is 7.12. The van der Waals surface area contributed by atoms with Crippen LogP contribution in [0.2, 0.25) is 0 Å². The van der Waals surface area contributed by atoms with Crippen molar-refractivity contribution >= 4 is 6.03 Å². The maximum Gasteiger partial charge on any atom is 0.317 e. The van der Waals surface area contributed by atoms with Crippen LogP contribution >= 0.6 is 0 Å². The van der Waals surface area contributed by atoms with E-state index in [1.54, 1.807) is 4.90 Å². The summed E-state index contributed by atoms with van der Waals surface area (Å²) in [6, 6.07) is 0.0118. The van der Waals surface area contributed by atoms with Crippen LogP contribution in [0, 0.1) is 5.92 Å². The molecule has 0 radical (unpaired) electrons. The van der Waals surface area contributed by atoms with E-state index >= 15 is 0 Å². The van der Waals surface area contributed by atoms with E-state index in [2.05, 4.69) is 17.1 Å². The third-order valence-electron chi connectivity index (χ3n) is 4.43. The van der Waals surface area contributed by atoms with E-state index in [0.29, 0.717) is 6.54 Å². The lowest BCUT2D eigenvalue weighted by Gasteiger charge is -2.30. The number of aliphatic hydroxyl groups is 1. The van der Waals surface area contributed by atoms with Gasteiger partial charge in [-0.15, -0.1) is 0 Å². The van der Waals surface area contributed by atoms with Gasteiger partial charge in [-0.05, 0) is 44.7 Å². The van der Waals surface area contributed by atoms with Crippen LogP contribution < -0.4 is 5.32 Å². The van der Waals surface area contributed by atoms with E-state index in [9.17, 15) is 9.90 Å². The molecule has 0 spiro atoms. The van der Waals surface area contributed by atoms with Gasteiger partial charge >= 0.3 is 6.03 Å². The van der Waals surface area contributed by atoms with Crippen molar-refractivity contribution in [2.75, 3.05) is 39.3 Å². The zero-order chi connectivity index (χ0) is 13.7. The molecule has 5 nitrogen and oxygen atoms in total. The first-order chi connectivity index (χ1) is 9.20. The van der Waals surface area contributed by atoms with Gasteiger partial charge in [0, 0.05) is 19.6 Å². The Bertz CT molecular complexity index is 290. The summed E-state index contributed by atoms with van der Waals surface area (Å²) in [5, 5.41) is 12.2. The minimum atomic E-state index is -0.0121. The molecule has 2 saturated heterocycles. The number of carbonyl (C=O) groups is 1. The molecule has 2 amide bonds. The van der Waals surface area contributed by atoms with Gasteiger partial charge in [0.15, 0.2) is 0 Å². The molecule has 0 aromatic rings. The summed E-state index contributed by atoms with van der Waals surface area (Å²) in [4.78, 5) is 16.2. The first-order valence-corrected chi connectivity index (χ1v) is 7.58. The molecule has 19 heavy (non-hydrogen) atoms. The largest absolute Gasteiger partial charge is 0.394 e. The summed E-state index contributed by atoms with van der Waals surface area (Å²) in [6.07, 6.45) is 4.47. The molecule has 1 unspecified atom stereocenters. The fraction of sp³-hybridized carbons (Fsp3) is 0.929. The number of hydrogen-bond donors (Lipinski definition) is 2. The molecule has 2 rings (SSSR count). The molecule has 2 aliphatic rings. The lowest BCUT2D eigenvalue weighted by Crippen LogP contribution is -2.46. The summed E-state index contributed by atoms with van der Waals surface area (Å²) in [5.74, 6) is 0.848. The van der Waals surface area contributed by atoms with E-state index in [-0.39, 0.29) is 18.7 Å². The van der Waals surface area contributed by atoms with Crippen LogP contribution in [-0.4, -0.2) is 66.3 Å². The van der Waals surface area contributed by atoms with Crippen molar-refractivity contribution in [3.63, 3.8) is 0 Å². The molecular formula is C14H27N3O2. The zero-order valence-electron chi connectivity index (χ0n) is 12.0. The Hall–Kier alpha value is -0.810. The standard InChI is InChI=1S/C14H27N3O2/c1-12-4-8-16(9-5-12)10-6-15-14(19)17-7-2-3-13(17)11-18/h12-13,18H,2-11H2,1H3,(H,15,19). The monoisotopic (exact) mass is 269 g/mol. The predicted molar refractivity (Wildman–Crippen MR) is 75.1 cm³/mol.